The third-order valence-corrected chi connectivity index (χ3v) is 3.32. The maximum absolute atomic E-state index is 5.89. The minimum Gasteiger partial charge on any atom is -0.313 e. The Balaban J connectivity index is 1.92. The first-order valence-electron chi connectivity index (χ1n) is 6.02. The zero-order valence-corrected chi connectivity index (χ0v) is 11.8. The summed E-state index contributed by atoms with van der Waals surface area (Å²) >= 11 is 5.89. The molecule has 0 aliphatic heterocycles. The molecular weight excluding hydrogens is 278 g/mol. The highest BCUT2D eigenvalue weighted by Crippen LogP contribution is 2.20. The van der Waals surface area contributed by atoms with Crippen LogP contribution in [0.15, 0.2) is 24.3 Å². The third kappa shape index (κ3) is 2.27. The van der Waals surface area contributed by atoms with Gasteiger partial charge >= 0.3 is 0 Å². The van der Waals surface area contributed by atoms with E-state index in [4.69, 9.17) is 11.6 Å². The molecule has 8 heteroatoms. The number of nitrogens with zero attached hydrogens (tertiary/aromatic N) is 7. The van der Waals surface area contributed by atoms with Gasteiger partial charge in [0.05, 0.1) is 0 Å². The average Bonchev–Trinajstić information content (AvgIpc) is 3.00. The van der Waals surface area contributed by atoms with Crippen LogP contribution in [0.2, 0.25) is 5.02 Å². The molecule has 20 heavy (non-hydrogen) atoms. The molecule has 7 nitrogen and oxygen atoms in total. The number of aryl methyl sites for hydroxylation is 1. The van der Waals surface area contributed by atoms with Crippen LogP contribution in [-0.2, 0) is 13.6 Å². The van der Waals surface area contributed by atoms with Crippen molar-refractivity contribution in [2.24, 2.45) is 7.05 Å². The van der Waals surface area contributed by atoms with E-state index in [1.807, 2.05) is 42.8 Å². The number of rotatable bonds is 3. The second-order valence-corrected chi connectivity index (χ2v) is 4.83. The summed E-state index contributed by atoms with van der Waals surface area (Å²) in [7, 11) is 1.92. The monoisotopic (exact) mass is 289 g/mol. The molecule has 102 valence electrons. The van der Waals surface area contributed by atoms with Crippen LogP contribution in [0.5, 0.6) is 0 Å². The van der Waals surface area contributed by atoms with Gasteiger partial charge in [0, 0.05) is 17.6 Å². The van der Waals surface area contributed by atoms with Crippen molar-refractivity contribution in [2.45, 2.75) is 13.5 Å². The molecule has 3 rings (SSSR count). The van der Waals surface area contributed by atoms with Gasteiger partial charge < -0.3 is 4.57 Å². The molecular formula is C12H12ClN7. The molecule has 0 aliphatic rings. The third-order valence-electron chi connectivity index (χ3n) is 3.07. The molecule has 0 bridgehead atoms. The fraction of sp³-hybridized carbons (Fsp3) is 0.250. The van der Waals surface area contributed by atoms with E-state index in [-0.39, 0.29) is 0 Å². The first-order valence-corrected chi connectivity index (χ1v) is 6.40. The molecule has 0 fully saturated rings. The Bertz CT molecular complexity index is 729. The lowest BCUT2D eigenvalue weighted by atomic mass is 10.2. The van der Waals surface area contributed by atoms with Crippen molar-refractivity contribution < 1.29 is 0 Å². The van der Waals surface area contributed by atoms with Gasteiger partial charge in [-0.3, -0.25) is 0 Å². The predicted octanol–water partition coefficient (Wildman–Crippen LogP) is 1.48. The van der Waals surface area contributed by atoms with Crippen LogP contribution in [0, 0.1) is 6.92 Å². The van der Waals surface area contributed by atoms with Gasteiger partial charge in [-0.05, 0) is 41.6 Å². The van der Waals surface area contributed by atoms with Crippen LogP contribution in [-0.4, -0.2) is 35.0 Å². The molecule has 1 aromatic carbocycles. The van der Waals surface area contributed by atoms with E-state index in [2.05, 4.69) is 25.7 Å². The van der Waals surface area contributed by atoms with Crippen molar-refractivity contribution >= 4 is 11.6 Å². The van der Waals surface area contributed by atoms with Gasteiger partial charge in [0.15, 0.2) is 11.6 Å². The predicted molar refractivity (Wildman–Crippen MR) is 73.1 cm³/mol. The Labute approximate surface area is 120 Å². The zero-order valence-electron chi connectivity index (χ0n) is 11.0. The lowest BCUT2D eigenvalue weighted by Gasteiger charge is -2.04. The number of hydrogen-bond acceptors (Lipinski definition) is 5. The summed E-state index contributed by atoms with van der Waals surface area (Å²) in [6.07, 6.45) is 0. The highest BCUT2D eigenvalue weighted by atomic mass is 35.5. The van der Waals surface area contributed by atoms with Crippen LogP contribution >= 0.6 is 11.6 Å². The second-order valence-electron chi connectivity index (χ2n) is 4.39. The summed E-state index contributed by atoms with van der Waals surface area (Å²) in [5, 5.41) is 20.5. The highest BCUT2D eigenvalue weighted by Gasteiger charge is 2.12. The number of benzene rings is 1. The Hall–Kier alpha value is -2.28. The number of halogens is 1. The Morgan fingerprint density at radius 1 is 1.10 bits per heavy atom. The molecule has 0 amide bonds. The van der Waals surface area contributed by atoms with Crippen LogP contribution in [0.4, 0.5) is 0 Å². The van der Waals surface area contributed by atoms with Gasteiger partial charge in [-0.2, -0.15) is 0 Å². The Morgan fingerprint density at radius 3 is 2.50 bits per heavy atom. The summed E-state index contributed by atoms with van der Waals surface area (Å²) in [6, 6.07) is 7.49. The minimum atomic E-state index is 0.482. The smallest absolute Gasteiger partial charge is 0.163 e. The molecule has 2 heterocycles. The molecule has 0 saturated heterocycles. The van der Waals surface area contributed by atoms with Gasteiger partial charge in [0.25, 0.3) is 0 Å². The van der Waals surface area contributed by atoms with E-state index < -0.39 is 0 Å². The normalized spacial score (nSPS) is 10.9. The molecule has 2 aromatic heterocycles. The number of hydrogen-bond donors (Lipinski definition) is 0. The Morgan fingerprint density at radius 2 is 1.85 bits per heavy atom. The fourth-order valence-corrected chi connectivity index (χ4v) is 2.00. The largest absolute Gasteiger partial charge is 0.313 e. The van der Waals surface area contributed by atoms with Crippen molar-refractivity contribution in [3.63, 3.8) is 0 Å². The molecule has 0 N–H and O–H groups in total. The van der Waals surface area contributed by atoms with E-state index in [1.165, 1.54) is 0 Å². The van der Waals surface area contributed by atoms with Gasteiger partial charge in [-0.1, -0.05) is 11.6 Å². The van der Waals surface area contributed by atoms with Crippen LogP contribution in [0.1, 0.15) is 11.6 Å². The summed E-state index contributed by atoms with van der Waals surface area (Å²) in [5.74, 6) is 2.30. The molecule has 0 saturated carbocycles. The number of tetrazole rings is 1. The van der Waals surface area contributed by atoms with Crippen LogP contribution in [0.3, 0.4) is 0 Å². The zero-order chi connectivity index (χ0) is 14.1. The van der Waals surface area contributed by atoms with Gasteiger partial charge in [-0.25, -0.2) is 4.68 Å². The summed E-state index contributed by atoms with van der Waals surface area (Å²) in [5.41, 5.74) is 0.962. The lowest BCUT2D eigenvalue weighted by Crippen LogP contribution is -2.09. The molecule has 0 radical (unpaired) electrons. The van der Waals surface area contributed by atoms with Crippen molar-refractivity contribution in [2.75, 3.05) is 0 Å². The maximum atomic E-state index is 5.89. The van der Waals surface area contributed by atoms with Crippen molar-refractivity contribution in [3.8, 4) is 11.4 Å². The highest BCUT2D eigenvalue weighted by molar-refractivity contribution is 6.30. The van der Waals surface area contributed by atoms with Gasteiger partial charge in [0.1, 0.15) is 12.4 Å². The molecule has 0 aliphatic carbocycles. The first-order chi connectivity index (χ1) is 9.65. The van der Waals surface area contributed by atoms with E-state index >= 15 is 0 Å². The molecule has 0 atom stereocenters. The quantitative estimate of drug-likeness (QED) is 0.730. The van der Waals surface area contributed by atoms with Gasteiger partial charge in [-0.15, -0.1) is 15.3 Å². The summed E-state index contributed by atoms with van der Waals surface area (Å²) in [6.45, 7) is 2.33. The van der Waals surface area contributed by atoms with Crippen molar-refractivity contribution in [1.82, 2.24) is 35.0 Å². The average molecular weight is 290 g/mol. The molecule has 0 spiro atoms. The fourth-order valence-electron chi connectivity index (χ4n) is 1.88. The SMILES string of the molecule is Cc1nnnn1Cc1nnc(-c2ccc(Cl)cc2)n1C. The van der Waals surface area contributed by atoms with E-state index in [9.17, 15) is 0 Å². The van der Waals surface area contributed by atoms with E-state index in [0.717, 1.165) is 23.0 Å². The van der Waals surface area contributed by atoms with Crippen molar-refractivity contribution in [3.05, 3.63) is 40.9 Å². The summed E-state index contributed by atoms with van der Waals surface area (Å²) in [4.78, 5) is 0. The first kappa shape index (κ1) is 12.7. The van der Waals surface area contributed by atoms with Crippen molar-refractivity contribution in [1.29, 1.82) is 0 Å². The molecule has 3 aromatic rings. The standard InChI is InChI=1S/C12H12ClN7/c1-8-14-17-18-20(8)7-11-15-16-12(19(11)2)9-3-5-10(13)6-4-9/h3-6H,7H2,1-2H3. The second kappa shape index (κ2) is 5.01. The van der Waals surface area contributed by atoms with E-state index in [0.29, 0.717) is 11.6 Å². The van der Waals surface area contributed by atoms with Crippen LogP contribution < -0.4 is 0 Å². The molecule has 0 unspecified atom stereocenters. The van der Waals surface area contributed by atoms with Gasteiger partial charge in [0.2, 0.25) is 0 Å². The summed E-state index contributed by atoms with van der Waals surface area (Å²) < 4.78 is 3.60. The minimum absolute atomic E-state index is 0.482. The maximum Gasteiger partial charge on any atom is 0.163 e. The van der Waals surface area contributed by atoms with E-state index in [1.54, 1.807) is 4.68 Å². The topological polar surface area (TPSA) is 74.3 Å². The lowest BCUT2D eigenvalue weighted by molar-refractivity contribution is 0.593. The van der Waals surface area contributed by atoms with Crippen LogP contribution in [0.25, 0.3) is 11.4 Å². The Kier molecular flexibility index (Phi) is 3.19. The number of aromatic nitrogens is 7.